The number of benzene rings is 1. The van der Waals surface area contributed by atoms with Gasteiger partial charge in [0.15, 0.2) is 0 Å². The van der Waals surface area contributed by atoms with Crippen molar-refractivity contribution in [2.24, 2.45) is 0 Å². The molecule has 1 saturated heterocycles. The van der Waals surface area contributed by atoms with Crippen LogP contribution in [0.2, 0.25) is 0 Å². The number of rotatable bonds is 7. The molecule has 2 aromatic rings. The number of morpholine rings is 1. The van der Waals surface area contributed by atoms with E-state index >= 15 is 0 Å². The molecule has 1 aromatic heterocycles. The summed E-state index contributed by atoms with van der Waals surface area (Å²) < 4.78 is 16.1. The van der Waals surface area contributed by atoms with Crippen LogP contribution < -0.4 is 9.47 Å². The van der Waals surface area contributed by atoms with E-state index in [1.165, 1.54) is 0 Å². The standard InChI is InChI=1S/C19H25N3O4S/c1-21(19(23)18-15(24-2)5-4-6-16(18)25-3)11-14-13-27-17(20-14)12-22-7-9-26-10-8-22/h4-6,13H,7-12H2,1-3H3. The number of hydrogen-bond donors (Lipinski definition) is 0. The second-order valence-corrected chi connectivity index (χ2v) is 7.26. The summed E-state index contributed by atoms with van der Waals surface area (Å²) in [6, 6.07) is 5.31. The van der Waals surface area contributed by atoms with Gasteiger partial charge in [-0.2, -0.15) is 0 Å². The summed E-state index contributed by atoms with van der Waals surface area (Å²) in [7, 11) is 4.85. The number of carbonyl (C=O) groups is 1. The molecule has 0 N–H and O–H groups in total. The molecule has 1 aliphatic rings. The van der Waals surface area contributed by atoms with E-state index in [1.807, 2.05) is 5.38 Å². The van der Waals surface area contributed by atoms with Crippen molar-refractivity contribution >= 4 is 17.2 Å². The van der Waals surface area contributed by atoms with E-state index in [0.29, 0.717) is 23.6 Å². The normalized spacial score (nSPS) is 14.8. The molecular formula is C19H25N3O4S. The van der Waals surface area contributed by atoms with Gasteiger partial charge in [-0.1, -0.05) is 6.07 Å². The molecule has 0 aliphatic carbocycles. The van der Waals surface area contributed by atoms with E-state index in [1.54, 1.807) is 55.7 Å². The molecule has 27 heavy (non-hydrogen) atoms. The minimum absolute atomic E-state index is 0.160. The summed E-state index contributed by atoms with van der Waals surface area (Å²) >= 11 is 1.63. The Bertz CT molecular complexity index is 752. The fourth-order valence-electron chi connectivity index (χ4n) is 3.01. The zero-order valence-corrected chi connectivity index (χ0v) is 16.8. The van der Waals surface area contributed by atoms with Gasteiger partial charge in [-0.25, -0.2) is 4.98 Å². The lowest BCUT2D eigenvalue weighted by Crippen LogP contribution is -2.35. The number of hydrogen-bond acceptors (Lipinski definition) is 7. The SMILES string of the molecule is COc1cccc(OC)c1C(=O)N(C)Cc1csc(CN2CCOCC2)n1. The molecule has 1 fully saturated rings. The van der Waals surface area contributed by atoms with Gasteiger partial charge in [0.1, 0.15) is 22.1 Å². The van der Waals surface area contributed by atoms with Gasteiger partial charge in [0.05, 0.1) is 46.2 Å². The summed E-state index contributed by atoms with van der Waals surface area (Å²) in [5.74, 6) is 0.835. The highest BCUT2D eigenvalue weighted by molar-refractivity contribution is 7.09. The van der Waals surface area contributed by atoms with E-state index in [9.17, 15) is 4.79 Å². The molecule has 3 rings (SSSR count). The first-order valence-corrected chi connectivity index (χ1v) is 9.70. The average Bonchev–Trinajstić information content (AvgIpc) is 3.14. The third-order valence-corrected chi connectivity index (χ3v) is 5.33. The van der Waals surface area contributed by atoms with Gasteiger partial charge >= 0.3 is 0 Å². The van der Waals surface area contributed by atoms with Crippen LogP contribution in [0.3, 0.4) is 0 Å². The van der Waals surface area contributed by atoms with Gasteiger partial charge in [0.2, 0.25) is 0 Å². The lowest BCUT2D eigenvalue weighted by atomic mass is 10.1. The second kappa shape index (κ2) is 9.16. The first-order valence-electron chi connectivity index (χ1n) is 8.82. The van der Waals surface area contributed by atoms with Crippen molar-refractivity contribution in [1.82, 2.24) is 14.8 Å². The predicted molar refractivity (Wildman–Crippen MR) is 104 cm³/mol. The molecule has 1 aliphatic heterocycles. The van der Waals surface area contributed by atoms with Crippen molar-refractivity contribution in [2.45, 2.75) is 13.1 Å². The van der Waals surface area contributed by atoms with Gasteiger partial charge in [0.25, 0.3) is 5.91 Å². The molecular weight excluding hydrogens is 366 g/mol. The molecule has 2 heterocycles. The summed E-state index contributed by atoms with van der Waals surface area (Å²) in [6.07, 6.45) is 0. The Morgan fingerprint density at radius 1 is 1.26 bits per heavy atom. The number of methoxy groups -OCH3 is 2. The zero-order valence-electron chi connectivity index (χ0n) is 15.9. The Hall–Kier alpha value is -2.16. The van der Waals surface area contributed by atoms with Gasteiger partial charge in [0, 0.05) is 25.5 Å². The van der Waals surface area contributed by atoms with E-state index in [-0.39, 0.29) is 5.91 Å². The minimum Gasteiger partial charge on any atom is -0.496 e. The monoisotopic (exact) mass is 391 g/mol. The quantitative estimate of drug-likeness (QED) is 0.721. The third kappa shape index (κ3) is 4.77. The van der Waals surface area contributed by atoms with E-state index < -0.39 is 0 Å². The summed E-state index contributed by atoms with van der Waals surface area (Å²) in [5, 5.41) is 3.07. The van der Waals surface area contributed by atoms with Crippen LogP contribution in [0.1, 0.15) is 21.1 Å². The maximum absolute atomic E-state index is 13.0. The third-order valence-electron chi connectivity index (χ3n) is 4.45. The van der Waals surface area contributed by atoms with Crippen LogP contribution in [0, 0.1) is 0 Å². The van der Waals surface area contributed by atoms with Crippen LogP contribution in [0.4, 0.5) is 0 Å². The van der Waals surface area contributed by atoms with Crippen LogP contribution >= 0.6 is 11.3 Å². The van der Waals surface area contributed by atoms with Gasteiger partial charge < -0.3 is 19.1 Å². The lowest BCUT2D eigenvalue weighted by molar-refractivity contribution is 0.0341. The molecule has 0 bridgehead atoms. The molecule has 146 valence electrons. The lowest BCUT2D eigenvalue weighted by Gasteiger charge is -2.25. The first-order chi connectivity index (χ1) is 13.1. The van der Waals surface area contributed by atoms with Crippen molar-refractivity contribution in [3.05, 3.63) is 39.8 Å². The number of aromatic nitrogens is 1. The van der Waals surface area contributed by atoms with E-state index in [4.69, 9.17) is 14.2 Å². The zero-order chi connectivity index (χ0) is 19.2. The molecule has 1 amide bonds. The van der Waals surface area contributed by atoms with Gasteiger partial charge in [-0.3, -0.25) is 9.69 Å². The molecule has 7 nitrogen and oxygen atoms in total. The number of amides is 1. The number of carbonyl (C=O) groups excluding carboxylic acids is 1. The van der Waals surface area contributed by atoms with Crippen LogP contribution in [-0.4, -0.2) is 68.3 Å². The Labute approximate surface area is 163 Å². The van der Waals surface area contributed by atoms with E-state index in [0.717, 1.165) is 43.5 Å². The minimum atomic E-state index is -0.160. The second-order valence-electron chi connectivity index (χ2n) is 6.32. The molecule has 0 atom stereocenters. The van der Waals surface area contributed by atoms with Crippen molar-refractivity contribution in [3.63, 3.8) is 0 Å². The summed E-state index contributed by atoms with van der Waals surface area (Å²) in [6.45, 7) is 4.67. The van der Waals surface area contributed by atoms with Gasteiger partial charge in [-0.15, -0.1) is 11.3 Å². The Kier molecular flexibility index (Phi) is 6.65. The fraction of sp³-hybridized carbons (Fsp3) is 0.474. The maximum Gasteiger partial charge on any atom is 0.261 e. The maximum atomic E-state index is 13.0. The van der Waals surface area contributed by atoms with Crippen LogP contribution in [-0.2, 0) is 17.8 Å². The molecule has 0 saturated carbocycles. The van der Waals surface area contributed by atoms with Crippen molar-refractivity contribution < 1.29 is 19.0 Å². The molecule has 0 radical (unpaired) electrons. The highest BCUT2D eigenvalue weighted by atomic mass is 32.1. The largest absolute Gasteiger partial charge is 0.496 e. The molecule has 0 unspecified atom stereocenters. The smallest absolute Gasteiger partial charge is 0.261 e. The number of nitrogens with zero attached hydrogens (tertiary/aromatic N) is 3. The summed E-state index contributed by atoms with van der Waals surface area (Å²) in [4.78, 5) is 21.6. The van der Waals surface area contributed by atoms with Crippen LogP contribution in [0.5, 0.6) is 11.5 Å². The van der Waals surface area contributed by atoms with Gasteiger partial charge in [-0.05, 0) is 12.1 Å². The van der Waals surface area contributed by atoms with E-state index in [2.05, 4.69) is 9.88 Å². The number of thiazole rings is 1. The highest BCUT2D eigenvalue weighted by Crippen LogP contribution is 2.29. The average molecular weight is 391 g/mol. The van der Waals surface area contributed by atoms with Crippen LogP contribution in [0.25, 0.3) is 0 Å². The highest BCUT2D eigenvalue weighted by Gasteiger charge is 2.22. The van der Waals surface area contributed by atoms with Crippen molar-refractivity contribution in [3.8, 4) is 11.5 Å². The van der Waals surface area contributed by atoms with Crippen molar-refractivity contribution in [2.75, 3.05) is 47.6 Å². The van der Waals surface area contributed by atoms with Crippen molar-refractivity contribution in [1.29, 1.82) is 0 Å². The molecule has 1 aromatic carbocycles. The fourth-order valence-corrected chi connectivity index (χ4v) is 3.84. The topological polar surface area (TPSA) is 64.1 Å². The summed E-state index contributed by atoms with van der Waals surface area (Å²) in [5.41, 5.74) is 1.31. The Morgan fingerprint density at radius 3 is 2.56 bits per heavy atom. The Morgan fingerprint density at radius 2 is 1.93 bits per heavy atom. The predicted octanol–water partition coefficient (Wildman–Crippen LogP) is 2.26. The van der Waals surface area contributed by atoms with Crippen LogP contribution in [0.15, 0.2) is 23.6 Å². The molecule has 0 spiro atoms. The number of ether oxygens (including phenoxy) is 3. The Balaban J connectivity index is 1.67. The first kappa shape index (κ1) is 19.6. The molecule has 8 heteroatoms.